The van der Waals surface area contributed by atoms with Crippen LogP contribution < -0.4 is 5.56 Å². The molecule has 0 aromatic carbocycles. The van der Waals surface area contributed by atoms with Crippen LogP contribution in [0.2, 0.25) is 0 Å². The lowest BCUT2D eigenvalue weighted by molar-refractivity contribution is 0.220. The number of rotatable bonds is 1. The van der Waals surface area contributed by atoms with Gasteiger partial charge in [0, 0.05) is 12.1 Å². The predicted octanol–water partition coefficient (Wildman–Crippen LogP) is 3.22. The first-order valence-electron chi connectivity index (χ1n) is 5.73. The number of nitrogens with one attached hydrogen (secondary N) is 1. The second kappa shape index (κ2) is 4.32. The van der Waals surface area contributed by atoms with Gasteiger partial charge in [-0.15, -0.1) is 0 Å². The van der Waals surface area contributed by atoms with Crippen molar-refractivity contribution in [3.05, 3.63) is 26.8 Å². The molecule has 1 fully saturated rings. The number of nitrogens with zero attached hydrogens (tertiary/aromatic N) is 1. The largest absolute Gasteiger partial charge is 0.309 e. The first-order valence-corrected chi connectivity index (χ1v) is 6.52. The summed E-state index contributed by atoms with van der Waals surface area (Å²) in [5, 5.41) is 0. The van der Waals surface area contributed by atoms with Gasteiger partial charge in [-0.3, -0.25) is 4.79 Å². The molecule has 0 amide bonds. The SMILES string of the molecule is CC1(C)CCC(c2ncc(Br)c(=O)[nH]2)CC1. The van der Waals surface area contributed by atoms with Crippen LogP contribution in [-0.2, 0) is 0 Å². The van der Waals surface area contributed by atoms with E-state index in [0.29, 0.717) is 15.8 Å². The highest BCUT2D eigenvalue weighted by molar-refractivity contribution is 9.10. The van der Waals surface area contributed by atoms with Crippen molar-refractivity contribution in [1.82, 2.24) is 9.97 Å². The lowest BCUT2D eigenvalue weighted by Crippen LogP contribution is -2.23. The van der Waals surface area contributed by atoms with Gasteiger partial charge in [-0.25, -0.2) is 4.98 Å². The summed E-state index contributed by atoms with van der Waals surface area (Å²) < 4.78 is 0.507. The van der Waals surface area contributed by atoms with Gasteiger partial charge in [0.1, 0.15) is 10.3 Å². The zero-order chi connectivity index (χ0) is 11.8. The molecule has 0 aliphatic heterocycles. The van der Waals surface area contributed by atoms with Crippen molar-refractivity contribution >= 4 is 15.9 Å². The van der Waals surface area contributed by atoms with Crippen molar-refractivity contribution in [2.24, 2.45) is 5.41 Å². The summed E-state index contributed by atoms with van der Waals surface area (Å²) in [5.74, 6) is 1.28. The molecule has 0 radical (unpaired) electrons. The Morgan fingerprint density at radius 1 is 1.44 bits per heavy atom. The van der Waals surface area contributed by atoms with Crippen LogP contribution in [-0.4, -0.2) is 9.97 Å². The van der Waals surface area contributed by atoms with E-state index in [1.807, 2.05) is 0 Å². The van der Waals surface area contributed by atoms with E-state index in [1.165, 1.54) is 12.8 Å². The van der Waals surface area contributed by atoms with Crippen LogP contribution in [0.3, 0.4) is 0 Å². The molecule has 88 valence electrons. The third-order valence-electron chi connectivity index (χ3n) is 3.50. The summed E-state index contributed by atoms with van der Waals surface area (Å²) in [6.07, 6.45) is 6.26. The molecule has 3 nitrogen and oxygen atoms in total. The fourth-order valence-corrected chi connectivity index (χ4v) is 2.47. The average molecular weight is 285 g/mol. The Bertz CT molecular complexity index is 429. The van der Waals surface area contributed by atoms with Crippen LogP contribution in [0.4, 0.5) is 0 Å². The van der Waals surface area contributed by atoms with E-state index in [1.54, 1.807) is 6.20 Å². The number of hydrogen-bond donors (Lipinski definition) is 1. The molecule has 16 heavy (non-hydrogen) atoms. The fourth-order valence-electron chi connectivity index (χ4n) is 2.27. The van der Waals surface area contributed by atoms with Crippen LogP contribution in [0.15, 0.2) is 15.5 Å². The van der Waals surface area contributed by atoms with Gasteiger partial charge >= 0.3 is 0 Å². The third kappa shape index (κ3) is 2.54. The predicted molar refractivity (Wildman–Crippen MR) is 67.5 cm³/mol. The molecule has 0 saturated heterocycles. The summed E-state index contributed by atoms with van der Waals surface area (Å²) in [6, 6.07) is 0. The van der Waals surface area contributed by atoms with Crippen molar-refractivity contribution in [1.29, 1.82) is 0 Å². The normalized spacial score (nSPS) is 20.9. The maximum absolute atomic E-state index is 11.5. The van der Waals surface area contributed by atoms with Gasteiger partial charge in [0.05, 0.1) is 0 Å². The van der Waals surface area contributed by atoms with Crippen LogP contribution >= 0.6 is 15.9 Å². The van der Waals surface area contributed by atoms with Crippen molar-refractivity contribution in [3.63, 3.8) is 0 Å². The third-order valence-corrected chi connectivity index (χ3v) is 4.07. The summed E-state index contributed by atoms with van der Waals surface area (Å²) in [4.78, 5) is 18.6. The molecular formula is C12H17BrN2O. The van der Waals surface area contributed by atoms with E-state index in [2.05, 4.69) is 39.7 Å². The van der Waals surface area contributed by atoms with Gasteiger partial charge in [0.15, 0.2) is 0 Å². The maximum Gasteiger partial charge on any atom is 0.265 e. The van der Waals surface area contributed by atoms with E-state index in [4.69, 9.17) is 0 Å². The molecule has 4 heteroatoms. The molecule has 1 heterocycles. The molecule has 2 rings (SSSR count). The number of aromatic nitrogens is 2. The van der Waals surface area contributed by atoms with Gasteiger partial charge < -0.3 is 4.98 Å². The molecule has 0 spiro atoms. The lowest BCUT2D eigenvalue weighted by atomic mass is 9.73. The molecule has 0 unspecified atom stereocenters. The second-order valence-corrected chi connectivity index (χ2v) is 6.24. The van der Waals surface area contributed by atoms with Gasteiger partial charge in [-0.1, -0.05) is 13.8 Å². The highest BCUT2D eigenvalue weighted by Crippen LogP contribution is 2.41. The molecular weight excluding hydrogens is 268 g/mol. The maximum atomic E-state index is 11.5. The van der Waals surface area contributed by atoms with Gasteiger partial charge in [-0.05, 0) is 47.0 Å². The number of H-pyrrole nitrogens is 1. The summed E-state index contributed by atoms with van der Waals surface area (Å²) in [7, 11) is 0. The van der Waals surface area contributed by atoms with Crippen LogP contribution in [0.1, 0.15) is 51.3 Å². The minimum Gasteiger partial charge on any atom is -0.309 e. The monoisotopic (exact) mass is 284 g/mol. The Morgan fingerprint density at radius 3 is 2.62 bits per heavy atom. The highest BCUT2D eigenvalue weighted by atomic mass is 79.9. The summed E-state index contributed by atoms with van der Waals surface area (Å²) in [5.41, 5.74) is 0.376. The molecule has 0 bridgehead atoms. The summed E-state index contributed by atoms with van der Waals surface area (Å²) >= 11 is 3.17. The van der Waals surface area contributed by atoms with Crippen LogP contribution in [0.25, 0.3) is 0 Å². The Hall–Kier alpha value is -0.640. The summed E-state index contributed by atoms with van der Waals surface area (Å²) in [6.45, 7) is 4.61. The second-order valence-electron chi connectivity index (χ2n) is 5.38. The molecule has 1 saturated carbocycles. The smallest absolute Gasteiger partial charge is 0.265 e. The molecule has 1 N–H and O–H groups in total. The Kier molecular flexibility index (Phi) is 3.19. The molecule has 1 aromatic rings. The number of aromatic amines is 1. The minimum absolute atomic E-state index is 0.0742. The fraction of sp³-hybridized carbons (Fsp3) is 0.667. The van der Waals surface area contributed by atoms with Gasteiger partial charge in [0.25, 0.3) is 5.56 Å². The van der Waals surface area contributed by atoms with Crippen LogP contribution in [0, 0.1) is 5.41 Å². The standard InChI is InChI=1S/C12H17BrN2O/c1-12(2)5-3-8(4-6-12)10-14-7-9(13)11(16)15-10/h7-8H,3-6H2,1-2H3,(H,14,15,16). The van der Waals surface area contributed by atoms with Gasteiger partial charge in [0.2, 0.25) is 0 Å². The molecule has 1 aliphatic rings. The zero-order valence-corrected chi connectivity index (χ0v) is 11.3. The lowest BCUT2D eigenvalue weighted by Gasteiger charge is -2.33. The Morgan fingerprint density at radius 2 is 2.06 bits per heavy atom. The quantitative estimate of drug-likeness (QED) is 0.861. The van der Waals surface area contributed by atoms with Crippen molar-refractivity contribution < 1.29 is 0 Å². The van der Waals surface area contributed by atoms with Crippen molar-refractivity contribution in [2.75, 3.05) is 0 Å². The van der Waals surface area contributed by atoms with E-state index in [0.717, 1.165) is 18.7 Å². The van der Waals surface area contributed by atoms with E-state index < -0.39 is 0 Å². The minimum atomic E-state index is -0.0742. The Labute approximate surface area is 104 Å². The average Bonchev–Trinajstić information content (AvgIpc) is 2.22. The van der Waals surface area contributed by atoms with E-state index >= 15 is 0 Å². The van der Waals surface area contributed by atoms with Gasteiger partial charge in [-0.2, -0.15) is 0 Å². The molecule has 0 atom stereocenters. The zero-order valence-electron chi connectivity index (χ0n) is 9.72. The Balaban J connectivity index is 2.14. The number of hydrogen-bond acceptors (Lipinski definition) is 2. The topological polar surface area (TPSA) is 45.8 Å². The van der Waals surface area contributed by atoms with E-state index in [9.17, 15) is 4.79 Å². The van der Waals surface area contributed by atoms with E-state index in [-0.39, 0.29) is 5.56 Å². The molecule has 1 aromatic heterocycles. The number of halogens is 1. The van der Waals surface area contributed by atoms with Crippen LogP contribution in [0.5, 0.6) is 0 Å². The molecule has 1 aliphatic carbocycles. The van der Waals surface area contributed by atoms with Crippen molar-refractivity contribution in [2.45, 2.75) is 45.4 Å². The first kappa shape index (κ1) is 11.8. The van der Waals surface area contributed by atoms with Crippen molar-refractivity contribution in [3.8, 4) is 0 Å². The highest BCUT2D eigenvalue weighted by Gasteiger charge is 2.28. The first-order chi connectivity index (χ1) is 7.48.